The zero-order chi connectivity index (χ0) is 23.1. The summed E-state index contributed by atoms with van der Waals surface area (Å²) in [6.07, 6.45) is 3.67. The molecule has 0 fully saturated rings. The van der Waals surface area contributed by atoms with Crippen LogP contribution in [0, 0.1) is 26.0 Å². The zero-order valence-electron chi connectivity index (χ0n) is 20.0. The number of nitrogens with zero attached hydrogens (tertiary/aromatic N) is 4. The van der Waals surface area contributed by atoms with Crippen LogP contribution < -0.4 is 9.80 Å². The average molecular weight is 618 g/mol. The summed E-state index contributed by atoms with van der Waals surface area (Å²) < 4.78 is 0. The second-order valence-corrected chi connectivity index (χ2v) is 8.15. The first-order chi connectivity index (χ1) is 15.3. The number of benzene rings is 2. The van der Waals surface area contributed by atoms with E-state index in [1.165, 1.54) is 11.1 Å². The molecule has 2 aromatic carbocycles. The average Bonchev–Trinajstić information content (AvgIpc) is 2.80. The van der Waals surface area contributed by atoms with Crippen LogP contribution in [0.3, 0.4) is 0 Å². The Hall–Kier alpha value is -2.97. The molecule has 0 aliphatic rings. The summed E-state index contributed by atoms with van der Waals surface area (Å²) in [5, 5.41) is 0. The molecule has 0 bridgehead atoms. The van der Waals surface area contributed by atoms with E-state index in [2.05, 4.69) is 70.0 Å². The molecule has 0 amide bonds. The molecule has 0 aliphatic heterocycles. The Balaban J connectivity index is 0.000000227. The third-order valence-corrected chi connectivity index (χ3v) is 4.99. The summed E-state index contributed by atoms with van der Waals surface area (Å²) in [5.74, 6) is 0. The summed E-state index contributed by atoms with van der Waals surface area (Å²) >= 11 is 0. The Morgan fingerprint density at radius 1 is 0.606 bits per heavy atom. The molecule has 0 radical (unpaired) electrons. The first-order valence-electron chi connectivity index (χ1n) is 10.6. The van der Waals surface area contributed by atoms with Crippen LogP contribution in [-0.2, 0) is 21.1 Å². The fraction of sp³-hybridized carbons (Fsp3) is 0.214. The van der Waals surface area contributed by atoms with E-state index in [1.807, 2.05) is 77.0 Å². The Kier molecular flexibility index (Phi) is 9.81. The van der Waals surface area contributed by atoms with Crippen LogP contribution in [0.2, 0.25) is 0 Å². The van der Waals surface area contributed by atoms with E-state index in [4.69, 9.17) is 0 Å². The summed E-state index contributed by atoms with van der Waals surface area (Å²) in [4.78, 5) is 12.9. The van der Waals surface area contributed by atoms with E-state index in [9.17, 15) is 0 Å². The van der Waals surface area contributed by atoms with E-state index in [0.29, 0.717) is 0 Å². The number of hydrogen-bond acceptors (Lipinski definition) is 4. The van der Waals surface area contributed by atoms with Crippen molar-refractivity contribution < 1.29 is 21.1 Å². The molecule has 0 aliphatic carbocycles. The Bertz CT molecular complexity index is 1080. The second-order valence-electron chi connectivity index (χ2n) is 8.15. The van der Waals surface area contributed by atoms with Gasteiger partial charge in [0.25, 0.3) is 0 Å². The zero-order valence-corrected chi connectivity index (χ0v) is 22.3. The van der Waals surface area contributed by atoms with Crippen molar-refractivity contribution in [3.05, 3.63) is 96.3 Å². The molecule has 0 spiro atoms. The first kappa shape index (κ1) is 26.3. The quantitative estimate of drug-likeness (QED) is 0.270. The molecule has 0 saturated heterocycles. The third-order valence-electron chi connectivity index (χ3n) is 4.99. The number of hydrogen-bond donors (Lipinski definition) is 0. The number of anilines is 2. The van der Waals surface area contributed by atoms with Gasteiger partial charge in [0.15, 0.2) is 0 Å². The van der Waals surface area contributed by atoms with Crippen molar-refractivity contribution in [2.45, 2.75) is 13.8 Å². The molecule has 0 N–H and O–H groups in total. The molecule has 4 nitrogen and oxygen atoms in total. The van der Waals surface area contributed by atoms with Gasteiger partial charge in [-0.2, -0.15) is 0 Å². The second kappa shape index (κ2) is 12.3. The Labute approximate surface area is 212 Å². The maximum absolute atomic E-state index is 4.38. The smallest absolute Gasteiger partial charge is 0.378 e. The molecule has 2 heterocycles. The van der Waals surface area contributed by atoms with Crippen LogP contribution in [0.25, 0.3) is 22.5 Å². The molecule has 33 heavy (non-hydrogen) atoms. The van der Waals surface area contributed by atoms with E-state index in [0.717, 1.165) is 33.9 Å². The minimum absolute atomic E-state index is 0. The molecule has 5 heteroatoms. The number of rotatable bonds is 4. The first-order valence-corrected chi connectivity index (χ1v) is 10.6. The monoisotopic (exact) mass is 617 g/mol. The van der Waals surface area contributed by atoms with Gasteiger partial charge in [-0.15, -0.1) is 70.8 Å². The Morgan fingerprint density at radius 2 is 1.00 bits per heavy atom. The van der Waals surface area contributed by atoms with E-state index in [-0.39, 0.29) is 21.1 Å². The molecular formula is C28H30N4Pt. The van der Waals surface area contributed by atoms with Crippen molar-refractivity contribution in [3.63, 3.8) is 0 Å². The van der Waals surface area contributed by atoms with Gasteiger partial charge in [0.05, 0.1) is 0 Å². The van der Waals surface area contributed by atoms with Crippen LogP contribution in [0.5, 0.6) is 0 Å². The molecule has 4 rings (SSSR count). The summed E-state index contributed by atoms with van der Waals surface area (Å²) in [6, 6.07) is 26.7. The SMILES string of the molecule is Cc1cc[c-]c(-c2cc(N(C)C)ccn2)c1.Cc1cc[c-]c(-c2cc(N(C)C)ccn2)c1.[Pt+2]. The molecule has 0 atom stereocenters. The van der Waals surface area contributed by atoms with Gasteiger partial charge < -0.3 is 19.8 Å². The molecular weight excluding hydrogens is 587 g/mol. The van der Waals surface area contributed by atoms with E-state index >= 15 is 0 Å². The van der Waals surface area contributed by atoms with Crippen molar-refractivity contribution in [1.82, 2.24) is 9.97 Å². The number of aromatic nitrogens is 2. The van der Waals surface area contributed by atoms with E-state index in [1.54, 1.807) is 0 Å². The largest absolute Gasteiger partial charge is 2.00 e. The number of pyridine rings is 2. The van der Waals surface area contributed by atoms with Gasteiger partial charge in [-0.3, -0.25) is 0 Å². The van der Waals surface area contributed by atoms with Gasteiger partial charge in [-0.1, -0.05) is 26.0 Å². The van der Waals surface area contributed by atoms with Gasteiger partial charge in [-0.25, -0.2) is 0 Å². The Morgan fingerprint density at radius 3 is 1.33 bits per heavy atom. The van der Waals surface area contributed by atoms with Crippen LogP contribution in [0.1, 0.15) is 11.1 Å². The van der Waals surface area contributed by atoms with Crippen molar-refractivity contribution in [1.29, 1.82) is 0 Å². The predicted octanol–water partition coefficient (Wildman–Crippen LogP) is 5.84. The predicted molar refractivity (Wildman–Crippen MR) is 135 cm³/mol. The van der Waals surface area contributed by atoms with Crippen LogP contribution in [0.15, 0.2) is 73.1 Å². The minimum atomic E-state index is 0. The summed E-state index contributed by atoms with van der Waals surface area (Å²) in [6.45, 7) is 4.15. The van der Waals surface area contributed by atoms with Gasteiger partial charge in [0.2, 0.25) is 0 Å². The van der Waals surface area contributed by atoms with Crippen molar-refractivity contribution in [3.8, 4) is 22.5 Å². The molecule has 4 aromatic rings. The van der Waals surface area contributed by atoms with Crippen LogP contribution in [-0.4, -0.2) is 38.2 Å². The fourth-order valence-corrected chi connectivity index (χ4v) is 3.15. The molecule has 2 aromatic heterocycles. The van der Waals surface area contributed by atoms with Gasteiger partial charge in [0.1, 0.15) is 0 Å². The van der Waals surface area contributed by atoms with Crippen molar-refractivity contribution in [2.75, 3.05) is 38.0 Å². The van der Waals surface area contributed by atoms with Crippen LogP contribution >= 0.6 is 0 Å². The maximum Gasteiger partial charge on any atom is 2.00 e. The topological polar surface area (TPSA) is 32.3 Å². The number of aryl methyl sites for hydroxylation is 2. The van der Waals surface area contributed by atoms with Gasteiger partial charge >= 0.3 is 21.1 Å². The third kappa shape index (κ3) is 7.54. The molecule has 0 saturated carbocycles. The fourth-order valence-electron chi connectivity index (χ4n) is 3.15. The summed E-state index contributed by atoms with van der Waals surface area (Å²) in [7, 11) is 8.11. The maximum atomic E-state index is 4.38. The molecule has 172 valence electrons. The van der Waals surface area contributed by atoms with Gasteiger partial charge in [-0.05, 0) is 23.5 Å². The summed E-state index contributed by atoms with van der Waals surface area (Å²) in [5.41, 5.74) is 8.79. The van der Waals surface area contributed by atoms with Crippen molar-refractivity contribution in [2.24, 2.45) is 0 Å². The van der Waals surface area contributed by atoms with Crippen molar-refractivity contribution >= 4 is 11.4 Å². The van der Waals surface area contributed by atoms with Gasteiger partial charge in [0, 0.05) is 52.0 Å². The van der Waals surface area contributed by atoms with E-state index < -0.39 is 0 Å². The molecule has 0 unspecified atom stereocenters. The van der Waals surface area contributed by atoms with Crippen LogP contribution in [0.4, 0.5) is 11.4 Å². The normalized spacial score (nSPS) is 9.88. The minimum Gasteiger partial charge on any atom is -0.378 e. The standard InChI is InChI=1S/2C14H15N2.Pt/c2*1-11-5-4-6-12(9-11)14-10-13(16(2)3)7-8-15-14;/h2*4-5,7-10H,1-3H3;/q2*-1;+2.